The lowest BCUT2D eigenvalue weighted by Crippen LogP contribution is -2.30. The molecule has 0 N–H and O–H groups in total. The molecule has 0 saturated heterocycles. The van der Waals surface area contributed by atoms with E-state index in [-0.39, 0.29) is 5.78 Å². The molecule has 0 radical (unpaired) electrons. The van der Waals surface area contributed by atoms with Crippen LogP contribution in [-0.4, -0.2) is 23.4 Å². The zero-order chi connectivity index (χ0) is 12.1. The Kier molecular flexibility index (Phi) is 4.23. The molecule has 0 aliphatic carbocycles. The average molecular weight is 218 g/mol. The summed E-state index contributed by atoms with van der Waals surface area (Å²) < 4.78 is 0. The lowest BCUT2D eigenvalue weighted by Gasteiger charge is -2.27. The number of hydrogen-bond acceptors (Lipinski definition) is 3. The zero-order valence-corrected chi connectivity index (χ0v) is 10.1. The molecular formula is C13H18N2O. The van der Waals surface area contributed by atoms with Gasteiger partial charge in [-0.25, -0.2) is 0 Å². The number of aromatic nitrogens is 1. The van der Waals surface area contributed by atoms with Crippen molar-refractivity contribution in [1.82, 2.24) is 4.98 Å². The number of Topliss-reactive ketones (excluding diaryl/α,β-unsaturated/α-hetero) is 1. The third-order valence-corrected chi connectivity index (χ3v) is 2.39. The molecule has 1 aromatic heterocycles. The highest BCUT2D eigenvalue weighted by atomic mass is 16.1. The van der Waals surface area contributed by atoms with Gasteiger partial charge >= 0.3 is 0 Å². The molecular weight excluding hydrogens is 200 g/mol. The highest BCUT2D eigenvalue weighted by Crippen LogP contribution is 2.16. The third kappa shape index (κ3) is 2.92. The second-order valence-electron chi connectivity index (χ2n) is 3.99. The molecule has 0 aliphatic heterocycles. The average Bonchev–Trinajstić information content (AvgIpc) is 2.25. The van der Waals surface area contributed by atoms with Crippen molar-refractivity contribution in [1.29, 1.82) is 0 Å². The van der Waals surface area contributed by atoms with Crippen LogP contribution in [0, 0.1) is 0 Å². The van der Waals surface area contributed by atoms with Crippen molar-refractivity contribution in [2.75, 3.05) is 11.4 Å². The van der Waals surface area contributed by atoms with Crippen molar-refractivity contribution >= 4 is 11.5 Å². The van der Waals surface area contributed by atoms with Gasteiger partial charge < -0.3 is 4.90 Å². The van der Waals surface area contributed by atoms with E-state index in [9.17, 15) is 4.79 Å². The van der Waals surface area contributed by atoms with Crippen molar-refractivity contribution in [2.45, 2.75) is 26.8 Å². The molecule has 0 amide bonds. The van der Waals surface area contributed by atoms with E-state index in [0.29, 0.717) is 11.7 Å². The molecule has 3 heteroatoms. The maximum atomic E-state index is 11.1. The summed E-state index contributed by atoms with van der Waals surface area (Å²) in [6, 6.07) is 4.06. The molecule has 0 unspecified atom stereocenters. The first-order valence-electron chi connectivity index (χ1n) is 5.40. The molecule has 0 spiro atoms. The zero-order valence-electron chi connectivity index (χ0n) is 10.1. The molecule has 1 rings (SSSR count). The van der Waals surface area contributed by atoms with E-state index in [1.807, 2.05) is 12.1 Å². The van der Waals surface area contributed by atoms with Gasteiger partial charge in [0.2, 0.25) is 0 Å². The van der Waals surface area contributed by atoms with Crippen LogP contribution >= 0.6 is 0 Å². The molecule has 1 heterocycles. The summed E-state index contributed by atoms with van der Waals surface area (Å²) in [5.74, 6) is -0.00799. The lowest BCUT2D eigenvalue weighted by molar-refractivity contribution is 0.101. The van der Waals surface area contributed by atoms with Crippen LogP contribution in [0.15, 0.2) is 31.0 Å². The molecule has 0 bridgehead atoms. The van der Waals surface area contributed by atoms with Crippen LogP contribution < -0.4 is 4.90 Å². The quantitative estimate of drug-likeness (QED) is 0.562. The van der Waals surface area contributed by atoms with Crippen molar-refractivity contribution in [3.8, 4) is 0 Å². The van der Waals surface area contributed by atoms with Gasteiger partial charge in [0.25, 0.3) is 0 Å². The Hall–Kier alpha value is -1.64. The van der Waals surface area contributed by atoms with E-state index >= 15 is 0 Å². The third-order valence-electron chi connectivity index (χ3n) is 2.39. The standard InChI is InChI=1S/C13H18N2O/c1-5-8-15(10(2)3)12-6-7-13(11(4)16)14-9-12/h5-7,9-10H,1,8H2,2-4H3. The molecule has 86 valence electrons. The summed E-state index contributed by atoms with van der Waals surface area (Å²) in [6.45, 7) is 10.3. The minimum atomic E-state index is -0.00799. The first-order valence-corrected chi connectivity index (χ1v) is 5.40. The van der Waals surface area contributed by atoms with Crippen LogP contribution in [0.4, 0.5) is 5.69 Å². The molecule has 0 aliphatic rings. The second-order valence-corrected chi connectivity index (χ2v) is 3.99. The van der Waals surface area contributed by atoms with Crippen LogP contribution in [0.2, 0.25) is 0 Å². The van der Waals surface area contributed by atoms with Gasteiger partial charge in [-0.2, -0.15) is 0 Å². The fourth-order valence-electron chi connectivity index (χ4n) is 1.52. The molecule has 0 fully saturated rings. The van der Waals surface area contributed by atoms with Crippen molar-refractivity contribution in [2.24, 2.45) is 0 Å². The SMILES string of the molecule is C=CCN(c1ccc(C(C)=O)nc1)C(C)C. The van der Waals surface area contributed by atoms with Crippen LogP contribution in [0.1, 0.15) is 31.3 Å². The van der Waals surface area contributed by atoms with E-state index in [1.54, 1.807) is 12.3 Å². The number of anilines is 1. The number of ketones is 1. The minimum absolute atomic E-state index is 0.00799. The number of pyridine rings is 1. The lowest BCUT2D eigenvalue weighted by atomic mass is 10.2. The molecule has 16 heavy (non-hydrogen) atoms. The highest BCUT2D eigenvalue weighted by Gasteiger charge is 2.09. The Morgan fingerprint density at radius 1 is 1.56 bits per heavy atom. The summed E-state index contributed by atoms with van der Waals surface area (Å²) in [5, 5.41) is 0. The smallest absolute Gasteiger partial charge is 0.178 e. The van der Waals surface area contributed by atoms with Crippen molar-refractivity contribution in [3.05, 3.63) is 36.7 Å². The predicted octanol–water partition coefficient (Wildman–Crippen LogP) is 2.69. The Morgan fingerprint density at radius 2 is 2.25 bits per heavy atom. The number of carbonyl (C=O) groups excluding carboxylic acids is 1. The largest absolute Gasteiger partial charge is 0.364 e. The molecule has 3 nitrogen and oxygen atoms in total. The molecule has 1 aromatic rings. The van der Waals surface area contributed by atoms with Gasteiger partial charge in [-0.05, 0) is 26.0 Å². The van der Waals surface area contributed by atoms with Gasteiger partial charge in [0.15, 0.2) is 5.78 Å². The first-order chi connectivity index (χ1) is 7.56. The maximum absolute atomic E-state index is 11.1. The van der Waals surface area contributed by atoms with Crippen molar-refractivity contribution < 1.29 is 4.79 Å². The van der Waals surface area contributed by atoms with Gasteiger partial charge in [0.05, 0.1) is 11.9 Å². The van der Waals surface area contributed by atoms with Crippen LogP contribution in [0.3, 0.4) is 0 Å². The fourth-order valence-corrected chi connectivity index (χ4v) is 1.52. The number of rotatable bonds is 5. The van der Waals surface area contributed by atoms with E-state index in [2.05, 4.69) is 30.3 Å². The van der Waals surface area contributed by atoms with Gasteiger partial charge in [0, 0.05) is 19.5 Å². The van der Waals surface area contributed by atoms with Crippen LogP contribution in [0.5, 0.6) is 0 Å². The van der Waals surface area contributed by atoms with Crippen molar-refractivity contribution in [3.63, 3.8) is 0 Å². The van der Waals surface area contributed by atoms with Gasteiger partial charge in [0.1, 0.15) is 5.69 Å². The summed E-state index contributed by atoms with van der Waals surface area (Å²) in [4.78, 5) is 17.4. The van der Waals surface area contributed by atoms with E-state index < -0.39 is 0 Å². The Labute approximate surface area is 96.8 Å². The molecule has 0 aromatic carbocycles. The van der Waals surface area contributed by atoms with Crippen LogP contribution in [-0.2, 0) is 0 Å². The Morgan fingerprint density at radius 3 is 2.62 bits per heavy atom. The van der Waals surface area contributed by atoms with E-state index in [0.717, 1.165) is 12.2 Å². The topological polar surface area (TPSA) is 33.2 Å². The van der Waals surface area contributed by atoms with E-state index in [4.69, 9.17) is 0 Å². The minimum Gasteiger partial charge on any atom is -0.364 e. The maximum Gasteiger partial charge on any atom is 0.178 e. The summed E-state index contributed by atoms with van der Waals surface area (Å²) in [7, 11) is 0. The first kappa shape index (κ1) is 12.4. The van der Waals surface area contributed by atoms with Gasteiger partial charge in [-0.3, -0.25) is 9.78 Å². The summed E-state index contributed by atoms with van der Waals surface area (Å²) >= 11 is 0. The predicted molar refractivity (Wildman–Crippen MR) is 66.9 cm³/mol. The fraction of sp³-hybridized carbons (Fsp3) is 0.385. The number of hydrogen-bond donors (Lipinski definition) is 0. The highest BCUT2D eigenvalue weighted by molar-refractivity contribution is 5.92. The summed E-state index contributed by atoms with van der Waals surface area (Å²) in [5.41, 5.74) is 1.52. The number of carbonyl (C=O) groups is 1. The molecule has 0 saturated carbocycles. The van der Waals surface area contributed by atoms with Gasteiger partial charge in [-0.15, -0.1) is 6.58 Å². The monoisotopic (exact) mass is 218 g/mol. The normalized spacial score (nSPS) is 10.2. The second kappa shape index (κ2) is 5.45. The van der Waals surface area contributed by atoms with E-state index in [1.165, 1.54) is 6.92 Å². The van der Waals surface area contributed by atoms with Crippen LogP contribution in [0.25, 0.3) is 0 Å². The Balaban J connectivity index is 2.93. The molecule has 0 atom stereocenters. The summed E-state index contributed by atoms with van der Waals surface area (Å²) in [6.07, 6.45) is 3.60. The Bertz CT molecular complexity index is 368. The van der Waals surface area contributed by atoms with Gasteiger partial charge in [-0.1, -0.05) is 6.08 Å². The number of nitrogens with zero attached hydrogens (tertiary/aromatic N) is 2.